The topological polar surface area (TPSA) is 48.5 Å². The van der Waals surface area contributed by atoms with Crippen molar-refractivity contribution < 1.29 is 4.79 Å². The van der Waals surface area contributed by atoms with E-state index in [2.05, 4.69) is 36.2 Å². The van der Waals surface area contributed by atoms with Crippen molar-refractivity contribution in [3.8, 4) is 0 Å². The van der Waals surface area contributed by atoms with E-state index >= 15 is 0 Å². The van der Waals surface area contributed by atoms with Crippen LogP contribution in [0.15, 0.2) is 18.3 Å². The molecule has 1 amide bonds. The number of rotatable bonds is 3. The number of pyridine rings is 1. The molecule has 0 spiro atoms. The molecule has 1 N–H and O–H groups in total. The summed E-state index contributed by atoms with van der Waals surface area (Å²) >= 11 is 0. The second kappa shape index (κ2) is 5.57. The van der Waals surface area contributed by atoms with Gasteiger partial charge in [0.25, 0.3) is 5.91 Å². The van der Waals surface area contributed by atoms with Gasteiger partial charge in [-0.15, -0.1) is 0 Å². The fourth-order valence-corrected chi connectivity index (χ4v) is 2.65. The van der Waals surface area contributed by atoms with E-state index in [0.717, 1.165) is 18.8 Å². The van der Waals surface area contributed by atoms with Crippen molar-refractivity contribution >= 4 is 11.6 Å². The van der Waals surface area contributed by atoms with Crippen LogP contribution in [0.3, 0.4) is 0 Å². The van der Waals surface area contributed by atoms with Gasteiger partial charge in [0.2, 0.25) is 0 Å². The van der Waals surface area contributed by atoms with E-state index in [1.165, 1.54) is 0 Å². The molecule has 5 nitrogen and oxygen atoms in total. The first-order chi connectivity index (χ1) is 9.02. The van der Waals surface area contributed by atoms with Crippen LogP contribution in [0.5, 0.6) is 0 Å². The van der Waals surface area contributed by atoms with Gasteiger partial charge in [0.1, 0.15) is 5.69 Å². The second-order valence-electron chi connectivity index (χ2n) is 5.40. The van der Waals surface area contributed by atoms with Crippen molar-refractivity contribution in [2.75, 3.05) is 39.5 Å². The Morgan fingerprint density at radius 3 is 2.79 bits per heavy atom. The van der Waals surface area contributed by atoms with Gasteiger partial charge in [-0.05, 0) is 32.1 Å². The maximum atomic E-state index is 12.4. The van der Waals surface area contributed by atoms with Crippen LogP contribution in [0.4, 0.5) is 5.69 Å². The molecule has 104 valence electrons. The quantitative estimate of drug-likeness (QED) is 0.887. The molecule has 19 heavy (non-hydrogen) atoms. The number of hydrogen-bond donors (Lipinski definition) is 1. The molecule has 0 bridgehead atoms. The monoisotopic (exact) mass is 262 g/mol. The third kappa shape index (κ3) is 2.87. The van der Waals surface area contributed by atoms with Gasteiger partial charge in [0.05, 0.1) is 0 Å². The van der Waals surface area contributed by atoms with Crippen LogP contribution in [0.25, 0.3) is 0 Å². The lowest BCUT2D eigenvalue weighted by atomic mass is 10.1. The number of nitrogens with zero attached hydrogens (tertiary/aromatic N) is 3. The van der Waals surface area contributed by atoms with Gasteiger partial charge in [-0.3, -0.25) is 9.78 Å². The molecular formula is C14H22N4O. The van der Waals surface area contributed by atoms with Crippen molar-refractivity contribution in [1.29, 1.82) is 0 Å². The minimum atomic E-state index is 0.0216. The molecular weight excluding hydrogens is 240 g/mol. The summed E-state index contributed by atoms with van der Waals surface area (Å²) in [7, 11) is 5.97. The molecule has 2 heterocycles. The van der Waals surface area contributed by atoms with Crippen molar-refractivity contribution in [3.05, 3.63) is 24.0 Å². The standard InChI is InChI=1S/C14H22N4O/c1-10-8-18(9-13(10)17(3)4)14(19)12-7-11(15-2)5-6-16-12/h5-7,10,13H,8-9H2,1-4H3,(H,15,16). The second-order valence-corrected chi connectivity index (χ2v) is 5.40. The van der Waals surface area contributed by atoms with Crippen molar-refractivity contribution in [1.82, 2.24) is 14.8 Å². The first kappa shape index (κ1) is 13.8. The Labute approximate surface area is 114 Å². The molecule has 2 atom stereocenters. The average molecular weight is 262 g/mol. The molecule has 5 heteroatoms. The smallest absolute Gasteiger partial charge is 0.272 e. The summed E-state index contributed by atoms with van der Waals surface area (Å²) < 4.78 is 0. The van der Waals surface area contributed by atoms with Crippen LogP contribution in [0, 0.1) is 5.92 Å². The number of amides is 1. The minimum absolute atomic E-state index is 0.0216. The van der Waals surface area contributed by atoms with Gasteiger partial charge in [-0.1, -0.05) is 6.92 Å². The third-order valence-corrected chi connectivity index (χ3v) is 3.79. The predicted octanol–water partition coefficient (Wildman–Crippen LogP) is 1.15. The molecule has 2 unspecified atom stereocenters. The Kier molecular flexibility index (Phi) is 4.04. The molecule has 0 radical (unpaired) electrons. The molecule has 1 aliphatic heterocycles. The fourth-order valence-electron chi connectivity index (χ4n) is 2.65. The Bertz CT molecular complexity index is 461. The molecule has 2 rings (SSSR count). The summed E-state index contributed by atoms with van der Waals surface area (Å²) in [5.74, 6) is 0.514. The molecule has 1 aliphatic rings. The molecule has 0 aliphatic carbocycles. The van der Waals surface area contributed by atoms with Crippen LogP contribution in [-0.4, -0.2) is 61.0 Å². The Hall–Kier alpha value is -1.62. The number of carbonyl (C=O) groups is 1. The lowest BCUT2D eigenvalue weighted by Crippen LogP contribution is -2.36. The Morgan fingerprint density at radius 2 is 2.21 bits per heavy atom. The number of hydrogen-bond acceptors (Lipinski definition) is 4. The lowest BCUT2D eigenvalue weighted by Gasteiger charge is -2.22. The summed E-state index contributed by atoms with van der Waals surface area (Å²) in [6.45, 7) is 3.76. The van der Waals surface area contributed by atoms with Gasteiger partial charge in [-0.2, -0.15) is 0 Å². The van der Waals surface area contributed by atoms with E-state index in [4.69, 9.17) is 0 Å². The first-order valence-corrected chi connectivity index (χ1v) is 6.62. The minimum Gasteiger partial charge on any atom is -0.388 e. The van der Waals surface area contributed by atoms with Crippen molar-refractivity contribution in [2.24, 2.45) is 5.92 Å². The molecule has 1 aromatic rings. The summed E-state index contributed by atoms with van der Waals surface area (Å²) in [6.07, 6.45) is 1.67. The van der Waals surface area contributed by atoms with E-state index in [9.17, 15) is 4.79 Å². The van der Waals surface area contributed by atoms with E-state index in [0.29, 0.717) is 17.7 Å². The summed E-state index contributed by atoms with van der Waals surface area (Å²) in [6, 6.07) is 4.08. The predicted molar refractivity (Wildman–Crippen MR) is 76.3 cm³/mol. The van der Waals surface area contributed by atoms with Crippen LogP contribution in [0.2, 0.25) is 0 Å². The summed E-state index contributed by atoms with van der Waals surface area (Å²) in [5.41, 5.74) is 1.42. The lowest BCUT2D eigenvalue weighted by molar-refractivity contribution is 0.0775. The summed E-state index contributed by atoms with van der Waals surface area (Å²) in [5, 5.41) is 3.03. The molecule has 1 aromatic heterocycles. The highest BCUT2D eigenvalue weighted by molar-refractivity contribution is 5.93. The van der Waals surface area contributed by atoms with Crippen molar-refractivity contribution in [2.45, 2.75) is 13.0 Å². The molecule has 0 saturated carbocycles. The van der Waals surface area contributed by atoms with Crippen molar-refractivity contribution in [3.63, 3.8) is 0 Å². The largest absolute Gasteiger partial charge is 0.388 e. The molecule has 1 saturated heterocycles. The van der Waals surface area contributed by atoms with Crippen LogP contribution >= 0.6 is 0 Å². The zero-order chi connectivity index (χ0) is 14.0. The highest BCUT2D eigenvalue weighted by Crippen LogP contribution is 2.22. The zero-order valence-corrected chi connectivity index (χ0v) is 12.1. The van der Waals surface area contributed by atoms with Crippen LogP contribution < -0.4 is 5.32 Å². The first-order valence-electron chi connectivity index (χ1n) is 6.62. The number of carbonyl (C=O) groups excluding carboxylic acids is 1. The van der Waals surface area contributed by atoms with Gasteiger partial charge < -0.3 is 15.1 Å². The number of likely N-dealkylation sites (tertiary alicyclic amines) is 1. The third-order valence-electron chi connectivity index (χ3n) is 3.79. The fraction of sp³-hybridized carbons (Fsp3) is 0.571. The van der Waals surface area contributed by atoms with Gasteiger partial charge in [0.15, 0.2) is 0 Å². The summed E-state index contributed by atoms with van der Waals surface area (Å²) in [4.78, 5) is 20.7. The van der Waals surface area contributed by atoms with E-state index in [1.807, 2.05) is 18.0 Å². The number of aromatic nitrogens is 1. The Morgan fingerprint density at radius 1 is 1.47 bits per heavy atom. The highest BCUT2D eigenvalue weighted by Gasteiger charge is 2.34. The number of likely N-dealkylation sites (N-methyl/N-ethyl adjacent to an activating group) is 1. The van der Waals surface area contributed by atoms with Gasteiger partial charge in [-0.25, -0.2) is 0 Å². The van der Waals surface area contributed by atoms with E-state index < -0.39 is 0 Å². The van der Waals surface area contributed by atoms with E-state index in [1.54, 1.807) is 12.3 Å². The highest BCUT2D eigenvalue weighted by atomic mass is 16.2. The SMILES string of the molecule is CNc1ccnc(C(=O)N2CC(C)C(N(C)C)C2)c1. The number of anilines is 1. The van der Waals surface area contributed by atoms with Crippen LogP contribution in [0.1, 0.15) is 17.4 Å². The van der Waals surface area contributed by atoms with Crippen LogP contribution in [-0.2, 0) is 0 Å². The van der Waals surface area contributed by atoms with E-state index in [-0.39, 0.29) is 5.91 Å². The molecule has 0 aromatic carbocycles. The normalized spacial score (nSPS) is 22.9. The number of nitrogens with one attached hydrogen (secondary N) is 1. The maximum Gasteiger partial charge on any atom is 0.272 e. The van der Waals surface area contributed by atoms with Gasteiger partial charge in [0, 0.05) is 38.1 Å². The zero-order valence-electron chi connectivity index (χ0n) is 12.1. The molecule has 1 fully saturated rings. The average Bonchev–Trinajstić information content (AvgIpc) is 2.80. The Balaban J connectivity index is 2.12. The maximum absolute atomic E-state index is 12.4. The van der Waals surface area contributed by atoms with Gasteiger partial charge >= 0.3 is 0 Å².